The second kappa shape index (κ2) is 4.36. The number of carbonyl (C=O) groups is 3. The summed E-state index contributed by atoms with van der Waals surface area (Å²) in [7, 11) is 0. The van der Waals surface area contributed by atoms with Gasteiger partial charge in [0, 0.05) is 5.56 Å². The van der Waals surface area contributed by atoms with Crippen LogP contribution in [0.1, 0.15) is 10.4 Å². The van der Waals surface area contributed by atoms with Gasteiger partial charge < -0.3 is 15.1 Å². The Morgan fingerprint density at radius 1 is 1.11 bits per heavy atom. The molecule has 3 N–H and O–H groups in total. The molecule has 7 heteroatoms. The van der Waals surface area contributed by atoms with Crippen LogP contribution in [-0.2, 0) is 9.59 Å². The van der Waals surface area contributed by atoms with E-state index in [1.54, 1.807) is 0 Å². The number of benzene rings is 1. The monoisotopic (exact) mass is 250 g/mol. The first-order valence-corrected chi connectivity index (χ1v) is 5.11. The van der Waals surface area contributed by atoms with Gasteiger partial charge in [-0.3, -0.25) is 19.7 Å². The number of amides is 3. The summed E-state index contributed by atoms with van der Waals surface area (Å²) in [6.07, 6.45) is 0. The van der Waals surface area contributed by atoms with Crippen molar-refractivity contribution in [2.75, 3.05) is 13.1 Å². The highest BCUT2D eigenvalue weighted by atomic mass is 16.3. The van der Waals surface area contributed by atoms with Gasteiger partial charge >= 0.3 is 0 Å². The van der Waals surface area contributed by atoms with Crippen LogP contribution in [0.25, 0.3) is 0 Å². The van der Waals surface area contributed by atoms with Gasteiger partial charge in [0.1, 0.15) is 13.1 Å². The third kappa shape index (κ3) is 2.24. The van der Waals surface area contributed by atoms with Crippen molar-refractivity contribution < 1.29 is 24.6 Å². The maximum Gasteiger partial charge on any atom is 0.254 e. The standard InChI is InChI=1S/C11H10N2O5/c14-7-2-1-6(3-8(7)15)11(18)13-4-9(16)12-10(17)5-13/h1-3,14-15H,4-5H2,(H,12,16,17). The number of carbonyl (C=O) groups excluding carboxylic acids is 3. The Labute approximate surface area is 102 Å². The van der Waals surface area contributed by atoms with Gasteiger partial charge in [0.15, 0.2) is 11.5 Å². The third-order valence-electron chi connectivity index (χ3n) is 2.46. The van der Waals surface area contributed by atoms with Crippen molar-refractivity contribution in [2.24, 2.45) is 0 Å². The molecular weight excluding hydrogens is 240 g/mol. The van der Waals surface area contributed by atoms with Crippen LogP contribution in [-0.4, -0.2) is 45.9 Å². The van der Waals surface area contributed by atoms with Gasteiger partial charge in [-0.05, 0) is 18.2 Å². The number of rotatable bonds is 1. The molecule has 1 heterocycles. The van der Waals surface area contributed by atoms with Crippen molar-refractivity contribution in [2.45, 2.75) is 0 Å². The molecule has 0 spiro atoms. The molecule has 0 aliphatic carbocycles. The Kier molecular flexibility index (Phi) is 2.88. The topological polar surface area (TPSA) is 107 Å². The molecule has 0 unspecified atom stereocenters. The van der Waals surface area contributed by atoms with Gasteiger partial charge in [-0.2, -0.15) is 0 Å². The highest BCUT2D eigenvalue weighted by molar-refractivity contribution is 6.05. The quantitative estimate of drug-likeness (QED) is 0.446. The van der Waals surface area contributed by atoms with E-state index in [1.165, 1.54) is 6.07 Å². The molecule has 0 bridgehead atoms. The first-order chi connectivity index (χ1) is 8.47. The van der Waals surface area contributed by atoms with E-state index in [0.717, 1.165) is 17.0 Å². The van der Waals surface area contributed by atoms with Gasteiger partial charge in [-0.1, -0.05) is 0 Å². The maximum atomic E-state index is 12.0. The fourth-order valence-electron chi connectivity index (χ4n) is 1.62. The minimum atomic E-state index is -0.562. The Balaban J connectivity index is 2.22. The molecule has 1 aliphatic heterocycles. The molecule has 0 saturated carbocycles. The summed E-state index contributed by atoms with van der Waals surface area (Å²) in [6.45, 7) is -0.432. The summed E-state index contributed by atoms with van der Waals surface area (Å²) in [6, 6.07) is 3.54. The van der Waals surface area contributed by atoms with Gasteiger partial charge in [0.25, 0.3) is 5.91 Å². The minimum Gasteiger partial charge on any atom is -0.504 e. The molecule has 2 rings (SSSR count). The van der Waals surface area contributed by atoms with E-state index in [4.69, 9.17) is 5.11 Å². The van der Waals surface area contributed by atoms with Crippen molar-refractivity contribution in [3.05, 3.63) is 23.8 Å². The first-order valence-electron chi connectivity index (χ1n) is 5.11. The van der Waals surface area contributed by atoms with Crippen molar-refractivity contribution in [1.29, 1.82) is 0 Å². The van der Waals surface area contributed by atoms with Gasteiger partial charge in [-0.25, -0.2) is 0 Å². The lowest BCUT2D eigenvalue weighted by Gasteiger charge is -2.25. The minimum absolute atomic E-state index is 0.0906. The Morgan fingerprint density at radius 2 is 1.72 bits per heavy atom. The highest BCUT2D eigenvalue weighted by Crippen LogP contribution is 2.25. The molecule has 94 valence electrons. The first kappa shape index (κ1) is 11.9. The van der Waals surface area contributed by atoms with E-state index in [-0.39, 0.29) is 24.4 Å². The van der Waals surface area contributed by atoms with Crippen LogP contribution >= 0.6 is 0 Å². The van der Waals surface area contributed by atoms with Gasteiger partial charge in [0.05, 0.1) is 0 Å². The van der Waals surface area contributed by atoms with Crippen LogP contribution in [0, 0.1) is 0 Å². The number of nitrogens with one attached hydrogen (secondary N) is 1. The summed E-state index contributed by atoms with van der Waals surface area (Å²) >= 11 is 0. The number of phenolic OH excluding ortho intramolecular Hbond substituents is 2. The van der Waals surface area contributed by atoms with Crippen molar-refractivity contribution in [3.8, 4) is 11.5 Å². The van der Waals surface area contributed by atoms with Crippen LogP contribution in [0.2, 0.25) is 0 Å². The van der Waals surface area contributed by atoms with Gasteiger partial charge in [0.2, 0.25) is 11.8 Å². The molecular formula is C11H10N2O5. The number of hydrogen-bond acceptors (Lipinski definition) is 5. The van der Waals surface area contributed by atoms with E-state index >= 15 is 0 Å². The van der Waals surface area contributed by atoms with Crippen LogP contribution in [0.5, 0.6) is 11.5 Å². The van der Waals surface area contributed by atoms with Crippen LogP contribution in [0.15, 0.2) is 18.2 Å². The maximum absolute atomic E-state index is 12.0. The van der Waals surface area contributed by atoms with Gasteiger partial charge in [-0.15, -0.1) is 0 Å². The molecule has 1 aliphatic rings. The van der Waals surface area contributed by atoms with E-state index in [1.807, 2.05) is 0 Å². The number of phenols is 2. The van der Waals surface area contributed by atoms with Crippen LogP contribution < -0.4 is 5.32 Å². The average molecular weight is 250 g/mol. The zero-order valence-corrected chi connectivity index (χ0v) is 9.21. The summed E-state index contributed by atoms with van der Waals surface area (Å²) in [5.74, 6) is -2.45. The molecule has 18 heavy (non-hydrogen) atoms. The molecule has 3 amide bonds. The van der Waals surface area contributed by atoms with E-state index < -0.39 is 23.5 Å². The zero-order chi connectivity index (χ0) is 13.3. The summed E-state index contributed by atoms with van der Waals surface area (Å²) < 4.78 is 0. The highest BCUT2D eigenvalue weighted by Gasteiger charge is 2.27. The largest absolute Gasteiger partial charge is 0.504 e. The smallest absolute Gasteiger partial charge is 0.254 e. The Morgan fingerprint density at radius 3 is 2.28 bits per heavy atom. The number of aromatic hydroxyl groups is 2. The predicted octanol–water partition coefficient (Wildman–Crippen LogP) is -0.804. The lowest BCUT2D eigenvalue weighted by Crippen LogP contribution is -2.53. The SMILES string of the molecule is O=C1CN(C(=O)c2ccc(O)c(O)c2)CC(=O)N1. The van der Waals surface area contributed by atoms with Crippen molar-refractivity contribution in [3.63, 3.8) is 0 Å². The van der Waals surface area contributed by atoms with Crippen molar-refractivity contribution >= 4 is 17.7 Å². The fourth-order valence-corrected chi connectivity index (χ4v) is 1.62. The predicted molar refractivity (Wildman–Crippen MR) is 58.8 cm³/mol. The van der Waals surface area contributed by atoms with E-state index in [2.05, 4.69) is 5.32 Å². The molecule has 1 aromatic carbocycles. The summed E-state index contributed by atoms with van der Waals surface area (Å²) in [5.41, 5.74) is 0.0906. The zero-order valence-electron chi connectivity index (χ0n) is 9.21. The molecule has 1 fully saturated rings. The Hall–Kier alpha value is -2.57. The second-order valence-electron chi connectivity index (χ2n) is 3.84. The van der Waals surface area contributed by atoms with Crippen LogP contribution in [0.4, 0.5) is 0 Å². The Bertz CT molecular complexity index is 524. The number of piperazine rings is 1. The second-order valence-corrected chi connectivity index (χ2v) is 3.84. The molecule has 0 atom stereocenters. The normalized spacial score (nSPS) is 15.4. The third-order valence-corrected chi connectivity index (χ3v) is 2.46. The number of imide groups is 1. The average Bonchev–Trinajstić information content (AvgIpc) is 2.30. The number of hydrogen-bond donors (Lipinski definition) is 3. The molecule has 7 nitrogen and oxygen atoms in total. The number of nitrogens with zero attached hydrogens (tertiary/aromatic N) is 1. The lowest BCUT2D eigenvalue weighted by atomic mass is 10.1. The molecule has 0 aromatic heterocycles. The summed E-state index contributed by atoms with van der Waals surface area (Å²) in [4.78, 5) is 35.3. The van der Waals surface area contributed by atoms with Crippen molar-refractivity contribution in [1.82, 2.24) is 10.2 Å². The summed E-state index contributed by atoms with van der Waals surface area (Å²) in [5, 5.41) is 20.5. The molecule has 1 aromatic rings. The molecule has 1 saturated heterocycles. The fraction of sp³-hybridized carbons (Fsp3) is 0.182. The molecule has 0 radical (unpaired) electrons. The van der Waals surface area contributed by atoms with E-state index in [0.29, 0.717) is 0 Å². The van der Waals surface area contributed by atoms with Crippen LogP contribution in [0.3, 0.4) is 0 Å². The lowest BCUT2D eigenvalue weighted by molar-refractivity contribution is -0.135. The van der Waals surface area contributed by atoms with E-state index in [9.17, 15) is 19.5 Å².